The molecule has 2 aromatic carbocycles. The molecule has 1 aliphatic heterocycles. The third-order valence-corrected chi connectivity index (χ3v) is 5.34. The molecule has 0 unspecified atom stereocenters. The zero-order chi connectivity index (χ0) is 23.0. The molecule has 4 rings (SSSR count). The monoisotopic (exact) mass is 446 g/mol. The number of aliphatic hydroxyl groups excluding tert-OH is 4. The summed E-state index contributed by atoms with van der Waals surface area (Å²) in [5, 5.41) is 49.4. The molecule has 170 valence electrons. The van der Waals surface area contributed by atoms with Gasteiger partial charge in [0.15, 0.2) is 16.9 Å². The van der Waals surface area contributed by atoms with E-state index in [9.17, 15) is 30.3 Å². The zero-order valence-corrected chi connectivity index (χ0v) is 16.9. The fourth-order valence-corrected chi connectivity index (χ4v) is 3.54. The molecule has 10 heteroatoms. The first-order valence-electron chi connectivity index (χ1n) is 9.74. The van der Waals surface area contributed by atoms with Crippen LogP contribution in [0, 0.1) is 0 Å². The van der Waals surface area contributed by atoms with Gasteiger partial charge in [-0.25, -0.2) is 0 Å². The van der Waals surface area contributed by atoms with Gasteiger partial charge >= 0.3 is 0 Å². The number of phenols is 1. The third-order valence-electron chi connectivity index (χ3n) is 5.34. The normalized spacial score (nSPS) is 25.6. The Morgan fingerprint density at radius 1 is 1.03 bits per heavy atom. The van der Waals surface area contributed by atoms with E-state index in [4.69, 9.17) is 18.6 Å². The molecular formula is C22H22O10. The van der Waals surface area contributed by atoms with Crippen molar-refractivity contribution in [1.29, 1.82) is 0 Å². The van der Waals surface area contributed by atoms with Crippen molar-refractivity contribution in [1.82, 2.24) is 0 Å². The van der Waals surface area contributed by atoms with E-state index in [0.29, 0.717) is 5.56 Å². The van der Waals surface area contributed by atoms with E-state index >= 15 is 0 Å². The summed E-state index contributed by atoms with van der Waals surface area (Å²) in [5.41, 5.74) is 0.535. The number of fused-ring (bicyclic) bond motifs is 1. The average Bonchev–Trinajstić information content (AvgIpc) is 2.79. The SMILES string of the molecule is COc1ccc(-c2coc3cc(O[C@H]4O[C@@H](CO)[C@H](O)[C@@H](O)[C@@H]4O)ccc3c2=O)cc1O. The van der Waals surface area contributed by atoms with Crippen molar-refractivity contribution < 1.29 is 44.2 Å². The lowest BCUT2D eigenvalue weighted by molar-refractivity contribution is -0.277. The van der Waals surface area contributed by atoms with Crippen LogP contribution < -0.4 is 14.9 Å². The Kier molecular flexibility index (Phi) is 6.04. The molecule has 0 aliphatic carbocycles. The highest BCUT2D eigenvalue weighted by molar-refractivity contribution is 5.83. The van der Waals surface area contributed by atoms with Crippen molar-refractivity contribution in [3.63, 3.8) is 0 Å². The molecule has 5 N–H and O–H groups in total. The van der Waals surface area contributed by atoms with Gasteiger partial charge in [-0.1, -0.05) is 6.07 Å². The van der Waals surface area contributed by atoms with Crippen LogP contribution in [-0.2, 0) is 4.74 Å². The van der Waals surface area contributed by atoms with E-state index in [-0.39, 0.29) is 39.2 Å². The lowest BCUT2D eigenvalue weighted by Gasteiger charge is -2.39. The topological polar surface area (TPSA) is 159 Å². The van der Waals surface area contributed by atoms with Gasteiger partial charge in [-0.3, -0.25) is 4.79 Å². The fraction of sp³-hybridized carbons (Fsp3) is 0.318. The molecule has 2 heterocycles. The first kappa shape index (κ1) is 22.1. The molecule has 0 radical (unpaired) electrons. The zero-order valence-electron chi connectivity index (χ0n) is 16.9. The fourth-order valence-electron chi connectivity index (χ4n) is 3.54. The molecule has 1 fully saturated rings. The summed E-state index contributed by atoms with van der Waals surface area (Å²) >= 11 is 0. The molecule has 1 saturated heterocycles. The number of aromatic hydroxyl groups is 1. The van der Waals surface area contributed by atoms with E-state index in [1.165, 1.54) is 43.7 Å². The molecule has 1 aromatic heterocycles. The molecule has 0 bridgehead atoms. The van der Waals surface area contributed by atoms with Crippen molar-refractivity contribution in [2.75, 3.05) is 13.7 Å². The number of ether oxygens (including phenoxy) is 3. The van der Waals surface area contributed by atoms with Gasteiger partial charge in [0.1, 0.15) is 42.0 Å². The van der Waals surface area contributed by atoms with E-state index in [1.54, 1.807) is 6.07 Å². The number of aliphatic hydroxyl groups is 4. The number of rotatable bonds is 5. The molecule has 0 spiro atoms. The van der Waals surface area contributed by atoms with Gasteiger partial charge in [0, 0.05) is 6.07 Å². The Labute approximate surface area is 181 Å². The average molecular weight is 446 g/mol. The summed E-state index contributed by atoms with van der Waals surface area (Å²) < 4.78 is 21.5. The van der Waals surface area contributed by atoms with E-state index < -0.39 is 37.3 Å². The lowest BCUT2D eigenvalue weighted by atomic mass is 9.99. The smallest absolute Gasteiger partial charge is 0.229 e. The molecule has 1 aliphatic rings. The molecule has 32 heavy (non-hydrogen) atoms. The van der Waals surface area contributed by atoms with Gasteiger partial charge in [-0.05, 0) is 29.8 Å². The standard InChI is InChI=1S/C22H22O10/c1-29-15-5-2-10(6-14(15)24)13-9-30-16-7-11(3-4-12(16)18(13)25)31-22-21(28)20(27)19(26)17(8-23)32-22/h2-7,9,17,19-24,26-28H,8H2,1H3/t17-,19-,20+,21-,22-/m0/s1. The van der Waals surface area contributed by atoms with Crippen molar-refractivity contribution in [3.8, 4) is 28.4 Å². The van der Waals surface area contributed by atoms with E-state index in [0.717, 1.165) is 0 Å². The molecule has 5 atom stereocenters. The van der Waals surface area contributed by atoms with Crippen LogP contribution in [0.3, 0.4) is 0 Å². The van der Waals surface area contributed by atoms with E-state index in [1.807, 2.05) is 0 Å². The second-order valence-electron chi connectivity index (χ2n) is 7.34. The second kappa shape index (κ2) is 8.77. The number of benzene rings is 2. The first-order valence-corrected chi connectivity index (χ1v) is 9.74. The molecule has 0 amide bonds. The summed E-state index contributed by atoms with van der Waals surface area (Å²) in [6.45, 7) is -0.582. The highest BCUT2D eigenvalue weighted by atomic mass is 16.7. The van der Waals surface area contributed by atoms with E-state index in [2.05, 4.69) is 0 Å². The Balaban J connectivity index is 1.62. The van der Waals surface area contributed by atoms with Gasteiger partial charge in [-0.15, -0.1) is 0 Å². The van der Waals surface area contributed by atoms with Crippen LogP contribution in [0.4, 0.5) is 0 Å². The van der Waals surface area contributed by atoms with Gasteiger partial charge in [0.05, 0.1) is 24.7 Å². The predicted molar refractivity (Wildman–Crippen MR) is 111 cm³/mol. The maximum absolute atomic E-state index is 12.9. The highest BCUT2D eigenvalue weighted by Gasteiger charge is 2.44. The van der Waals surface area contributed by atoms with Crippen molar-refractivity contribution in [3.05, 3.63) is 52.9 Å². The molecular weight excluding hydrogens is 424 g/mol. The Hall–Kier alpha value is -3.15. The van der Waals surface area contributed by atoms with Crippen molar-refractivity contribution in [2.24, 2.45) is 0 Å². The molecule has 3 aromatic rings. The maximum Gasteiger partial charge on any atom is 0.229 e. The Morgan fingerprint density at radius 2 is 1.81 bits per heavy atom. The minimum absolute atomic E-state index is 0.118. The largest absolute Gasteiger partial charge is 0.504 e. The Bertz CT molecular complexity index is 1170. The predicted octanol–water partition coefficient (Wildman–Crippen LogP) is 0.353. The van der Waals surface area contributed by atoms with Crippen LogP contribution in [0.25, 0.3) is 22.1 Å². The first-order chi connectivity index (χ1) is 15.3. The second-order valence-corrected chi connectivity index (χ2v) is 7.34. The van der Waals surface area contributed by atoms with Crippen molar-refractivity contribution in [2.45, 2.75) is 30.7 Å². The van der Waals surface area contributed by atoms with Crippen LogP contribution in [0.1, 0.15) is 0 Å². The minimum Gasteiger partial charge on any atom is -0.504 e. The van der Waals surface area contributed by atoms with Crippen LogP contribution in [0.5, 0.6) is 17.2 Å². The maximum atomic E-state index is 12.9. The number of methoxy groups -OCH3 is 1. The third kappa shape index (κ3) is 3.90. The quantitative estimate of drug-likeness (QED) is 0.370. The van der Waals surface area contributed by atoms with Gasteiger partial charge in [-0.2, -0.15) is 0 Å². The number of hydrogen-bond donors (Lipinski definition) is 5. The number of phenolic OH excluding ortho intramolecular Hbond substituents is 1. The van der Waals surface area contributed by atoms with Gasteiger partial charge in [0.2, 0.25) is 6.29 Å². The van der Waals surface area contributed by atoms with Crippen LogP contribution >= 0.6 is 0 Å². The summed E-state index contributed by atoms with van der Waals surface area (Å²) in [4.78, 5) is 12.9. The highest BCUT2D eigenvalue weighted by Crippen LogP contribution is 2.32. The van der Waals surface area contributed by atoms with Gasteiger partial charge in [0.25, 0.3) is 0 Å². The van der Waals surface area contributed by atoms with Crippen molar-refractivity contribution >= 4 is 11.0 Å². The number of hydrogen-bond acceptors (Lipinski definition) is 10. The summed E-state index contributed by atoms with van der Waals surface area (Å²) in [6, 6.07) is 8.88. The van der Waals surface area contributed by atoms with Crippen LogP contribution in [0.15, 0.2) is 51.9 Å². The van der Waals surface area contributed by atoms with Gasteiger partial charge < -0.3 is 44.2 Å². The summed E-state index contributed by atoms with van der Waals surface area (Å²) in [5.74, 6) is 0.321. The lowest BCUT2D eigenvalue weighted by Crippen LogP contribution is -2.60. The van der Waals surface area contributed by atoms with Crippen LogP contribution in [0.2, 0.25) is 0 Å². The summed E-state index contributed by atoms with van der Waals surface area (Å²) in [7, 11) is 1.42. The Morgan fingerprint density at radius 3 is 2.50 bits per heavy atom. The molecule has 0 saturated carbocycles. The summed E-state index contributed by atoms with van der Waals surface area (Å²) in [6.07, 6.45) is -5.87. The minimum atomic E-state index is -1.58. The van der Waals surface area contributed by atoms with Crippen LogP contribution in [-0.4, -0.2) is 70.0 Å². The molecule has 10 nitrogen and oxygen atoms in total.